The highest BCUT2D eigenvalue weighted by molar-refractivity contribution is 7.99. The minimum absolute atomic E-state index is 0.232. The minimum atomic E-state index is -0.921. The first-order valence-corrected chi connectivity index (χ1v) is 15.1. The van der Waals surface area contributed by atoms with Crippen LogP contribution in [0.4, 0.5) is 0 Å². The van der Waals surface area contributed by atoms with Gasteiger partial charge in [-0.25, -0.2) is 4.79 Å². The molecular weight excluding hydrogens is 524 g/mol. The number of methoxy groups -OCH3 is 1. The largest absolute Gasteiger partial charge is 0.468 e. The van der Waals surface area contributed by atoms with Crippen LogP contribution in [0.3, 0.4) is 0 Å². The van der Waals surface area contributed by atoms with Crippen LogP contribution in [0.1, 0.15) is 45.6 Å². The smallest absolute Gasteiger partial charge is 0.336 e. The van der Waals surface area contributed by atoms with Gasteiger partial charge in [-0.3, -0.25) is 9.59 Å². The van der Waals surface area contributed by atoms with Gasteiger partial charge in [0, 0.05) is 57.0 Å². The van der Waals surface area contributed by atoms with Crippen molar-refractivity contribution in [2.45, 2.75) is 46.6 Å². The Morgan fingerprint density at radius 3 is 2.58 bits per heavy atom. The van der Waals surface area contributed by atoms with Gasteiger partial charge < -0.3 is 19.4 Å². The Morgan fingerprint density at radius 2 is 1.85 bits per heavy atom. The molecule has 0 spiro atoms. The van der Waals surface area contributed by atoms with Crippen molar-refractivity contribution >= 4 is 51.3 Å². The quantitative estimate of drug-likeness (QED) is 0.214. The lowest BCUT2D eigenvalue weighted by Gasteiger charge is -2.38. The maximum absolute atomic E-state index is 14.1. The van der Waals surface area contributed by atoms with E-state index in [4.69, 9.17) is 9.47 Å². The Morgan fingerprint density at radius 1 is 1.10 bits per heavy atom. The van der Waals surface area contributed by atoms with Crippen LogP contribution >= 0.6 is 11.8 Å². The fraction of sp³-hybridized carbons (Fsp3) is 0.406. The zero-order chi connectivity index (χ0) is 28.6. The van der Waals surface area contributed by atoms with Gasteiger partial charge in [-0.05, 0) is 55.7 Å². The van der Waals surface area contributed by atoms with E-state index in [0.29, 0.717) is 29.0 Å². The van der Waals surface area contributed by atoms with E-state index in [9.17, 15) is 14.4 Å². The number of dihydropyridines is 1. The number of hydrogen-bond donors (Lipinski definition) is 1. The van der Waals surface area contributed by atoms with Crippen LogP contribution in [0.25, 0.3) is 21.8 Å². The number of aryl methyl sites for hydroxylation is 1. The Bertz CT molecular complexity index is 1570. The molecule has 0 saturated heterocycles. The number of carbonyl (C=O) groups is 3. The lowest BCUT2D eigenvalue weighted by molar-refractivity contribution is -0.151. The molecule has 8 heteroatoms. The second-order valence-corrected chi connectivity index (χ2v) is 11.8. The predicted molar refractivity (Wildman–Crippen MR) is 159 cm³/mol. The van der Waals surface area contributed by atoms with E-state index in [1.165, 1.54) is 7.11 Å². The van der Waals surface area contributed by atoms with Crippen molar-refractivity contribution in [1.82, 2.24) is 9.88 Å². The van der Waals surface area contributed by atoms with Crippen LogP contribution < -0.4 is 5.32 Å². The molecule has 2 aliphatic rings. The first kappa shape index (κ1) is 28.0. The van der Waals surface area contributed by atoms with E-state index < -0.39 is 23.8 Å². The number of hydrogen-bond acceptors (Lipinski definition) is 7. The number of esters is 2. The van der Waals surface area contributed by atoms with Crippen LogP contribution in [0.2, 0.25) is 0 Å². The highest BCUT2D eigenvalue weighted by Crippen LogP contribution is 2.46. The molecule has 7 nitrogen and oxygen atoms in total. The van der Waals surface area contributed by atoms with E-state index in [0.717, 1.165) is 45.4 Å². The molecule has 1 aromatic heterocycles. The standard InChI is InChI=1S/C32H36N2O5S/c1-6-34-24-11-9-8-10-21(24)22-17-20(12-13-25(22)34)28-27(32(37)39-14-15-40-7-2)19(4)33-23-16-18(3)26(31(36)38-5)30(35)29(23)28/h8-13,17-18,26,28,33H,6-7,14-16H2,1-5H3/t18-,26-,28+/m1/s1. The van der Waals surface area contributed by atoms with Gasteiger partial charge in [0.2, 0.25) is 0 Å². The molecule has 5 rings (SSSR count). The SMILES string of the molecule is CCSCCOC(=O)C1=C(C)NC2=C(C(=O)[C@H](C(=O)OC)[C@H](C)C2)[C@H]1c1ccc2c(c1)c1ccccc1n2CC. The Hall–Kier alpha value is -3.52. The normalized spacial score (nSPS) is 21.0. The number of rotatable bonds is 8. The molecule has 3 atom stereocenters. The van der Waals surface area contributed by atoms with Crippen LogP contribution in [0.15, 0.2) is 65.0 Å². The van der Waals surface area contributed by atoms with Crippen molar-refractivity contribution in [3.8, 4) is 0 Å². The van der Waals surface area contributed by atoms with Gasteiger partial charge in [-0.1, -0.05) is 38.1 Å². The van der Waals surface area contributed by atoms with Crippen molar-refractivity contribution in [3.05, 3.63) is 70.6 Å². The van der Waals surface area contributed by atoms with Gasteiger partial charge in [0.25, 0.3) is 0 Å². The summed E-state index contributed by atoms with van der Waals surface area (Å²) in [7, 11) is 1.31. The van der Waals surface area contributed by atoms with E-state index >= 15 is 0 Å². The molecular formula is C32H36N2O5S. The number of nitrogens with one attached hydrogen (secondary N) is 1. The molecule has 0 bridgehead atoms. The number of thioether (sulfide) groups is 1. The van der Waals surface area contributed by atoms with E-state index in [1.54, 1.807) is 11.8 Å². The summed E-state index contributed by atoms with van der Waals surface area (Å²) in [5.41, 5.74) is 5.33. The number of allylic oxidation sites excluding steroid dienone is 3. The number of aromatic nitrogens is 1. The number of nitrogens with zero attached hydrogens (tertiary/aromatic N) is 1. The summed E-state index contributed by atoms with van der Waals surface area (Å²) in [4.78, 5) is 40.5. The van der Waals surface area contributed by atoms with Crippen molar-refractivity contribution < 1.29 is 23.9 Å². The van der Waals surface area contributed by atoms with Gasteiger partial charge in [0.1, 0.15) is 12.5 Å². The molecule has 0 saturated carbocycles. The molecule has 0 radical (unpaired) electrons. The third kappa shape index (κ3) is 4.72. The molecule has 0 fully saturated rings. The molecule has 1 N–H and O–H groups in total. The average molecular weight is 561 g/mol. The first-order chi connectivity index (χ1) is 19.3. The third-order valence-electron chi connectivity index (χ3n) is 8.07. The van der Waals surface area contributed by atoms with E-state index in [2.05, 4.69) is 48.0 Å². The van der Waals surface area contributed by atoms with E-state index in [1.807, 2.05) is 32.0 Å². The van der Waals surface area contributed by atoms with E-state index in [-0.39, 0.29) is 18.3 Å². The van der Waals surface area contributed by atoms with Gasteiger partial charge in [0.15, 0.2) is 5.78 Å². The fourth-order valence-electron chi connectivity index (χ4n) is 6.29. The number of ether oxygens (including phenoxy) is 2. The Balaban J connectivity index is 1.68. The molecule has 0 unspecified atom stereocenters. The lowest BCUT2D eigenvalue weighted by atomic mass is 9.69. The van der Waals surface area contributed by atoms with Crippen LogP contribution in [-0.4, -0.2) is 47.5 Å². The van der Waals surface area contributed by atoms with Gasteiger partial charge in [-0.2, -0.15) is 11.8 Å². The topological polar surface area (TPSA) is 86.6 Å². The van der Waals surface area contributed by atoms with Crippen molar-refractivity contribution in [3.63, 3.8) is 0 Å². The first-order valence-electron chi connectivity index (χ1n) is 13.9. The maximum atomic E-state index is 14.1. The van der Waals surface area contributed by atoms with Crippen molar-refractivity contribution in [1.29, 1.82) is 0 Å². The lowest BCUT2D eigenvalue weighted by Crippen LogP contribution is -2.43. The van der Waals surface area contributed by atoms with Crippen molar-refractivity contribution in [2.24, 2.45) is 11.8 Å². The van der Waals surface area contributed by atoms with Crippen LogP contribution in [-0.2, 0) is 30.4 Å². The highest BCUT2D eigenvalue weighted by atomic mass is 32.2. The number of fused-ring (bicyclic) bond motifs is 3. The molecule has 0 amide bonds. The van der Waals surface area contributed by atoms with Gasteiger partial charge in [0.05, 0.1) is 12.7 Å². The molecule has 3 aromatic rings. The summed E-state index contributed by atoms with van der Waals surface area (Å²) in [6, 6.07) is 14.4. The number of carbonyl (C=O) groups excluding carboxylic acids is 3. The molecule has 2 aromatic carbocycles. The van der Waals surface area contributed by atoms with Crippen LogP contribution in [0.5, 0.6) is 0 Å². The predicted octanol–water partition coefficient (Wildman–Crippen LogP) is 5.72. The molecule has 210 valence electrons. The fourth-order valence-corrected chi connectivity index (χ4v) is 6.78. The Kier molecular flexibility index (Phi) is 8.08. The minimum Gasteiger partial charge on any atom is -0.468 e. The second kappa shape index (κ2) is 11.5. The van der Waals surface area contributed by atoms with Gasteiger partial charge in [-0.15, -0.1) is 0 Å². The molecule has 2 heterocycles. The number of para-hydroxylation sites is 1. The summed E-state index contributed by atoms with van der Waals surface area (Å²) >= 11 is 1.70. The summed E-state index contributed by atoms with van der Waals surface area (Å²) < 4.78 is 13.0. The Labute approximate surface area is 239 Å². The molecule has 40 heavy (non-hydrogen) atoms. The number of Topliss-reactive ketones (excluding diaryl/α,β-unsaturated/α-hetero) is 1. The zero-order valence-corrected chi connectivity index (χ0v) is 24.5. The number of ketones is 1. The van der Waals surface area contributed by atoms with Gasteiger partial charge >= 0.3 is 11.9 Å². The molecule has 1 aliphatic carbocycles. The molecule has 1 aliphatic heterocycles. The van der Waals surface area contributed by atoms with Crippen LogP contribution in [0, 0.1) is 11.8 Å². The summed E-state index contributed by atoms with van der Waals surface area (Å²) in [6.07, 6.45) is 0.502. The summed E-state index contributed by atoms with van der Waals surface area (Å²) in [5.74, 6) is -1.47. The average Bonchev–Trinajstić information content (AvgIpc) is 3.27. The zero-order valence-electron chi connectivity index (χ0n) is 23.7. The summed E-state index contributed by atoms with van der Waals surface area (Å²) in [5, 5.41) is 5.51. The summed E-state index contributed by atoms with van der Waals surface area (Å²) in [6.45, 7) is 9.03. The maximum Gasteiger partial charge on any atom is 0.336 e. The van der Waals surface area contributed by atoms with Crippen molar-refractivity contribution in [2.75, 3.05) is 25.2 Å². The third-order valence-corrected chi connectivity index (χ3v) is 8.94. The second-order valence-electron chi connectivity index (χ2n) is 10.4. The monoisotopic (exact) mass is 560 g/mol. The highest BCUT2D eigenvalue weighted by Gasteiger charge is 2.47. The number of benzene rings is 2.